The predicted octanol–water partition coefficient (Wildman–Crippen LogP) is 1.97. The van der Waals surface area contributed by atoms with E-state index >= 15 is 0 Å². The molecule has 0 radical (unpaired) electrons. The van der Waals surface area contributed by atoms with Crippen LogP contribution >= 0.6 is 22.6 Å². The number of urea groups is 1. The van der Waals surface area contributed by atoms with Crippen molar-refractivity contribution >= 4 is 34.4 Å². The lowest BCUT2D eigenvalue weighted by atomic mass is 10.5. The van der Waals surface area contributed by atoms with Gasteiger partial charge in [0.05, 0.1) is 0 Å². The van der Waals surface area contributed by atoms with E-state index in [0.29, 0.717) is 11.9 Å². The van der Waals surface area contributed by atoms with Gasteiger partial charge in [0.2, 0.25) is 0 Å². The van der Waals surface area contributed by atoms with E-state index in [1.165, 1.54) is 0 Å². The summed E-state index contributed by atoms with van der Waals surface area (Å²) in [4.78, 5) is 15.4. The third kappa shape index (κ3) is 2.83. The molecule has 0 bridgehead atoms. The summed E-state index contributed by atoms with van der Waals surface area (Å²) in [6, 6.07) is 3.90. The Bertz CT molecular complexity index is 334. The van der Waals surface area contributed by atoms with Crippen molar-refractivity contribution in [3.63, 3.8) is 0 Å². The maximum absolute atomic E-state index is 11.3. The summed E-state index contributed by atoms with van der Waals surface area (Å²) in [5, 5.41) is 5.50. The molecule has 0 aromatic carbocycles. The molecular formula is C9H10IN3O. The molecule has 1 aromatic heterocycles. The van der Waals surface area contributed by atoms with Gasteiger partial charge in [-0.1, -0.05) is 0 Å². The summed E-state index contributed by atoms with van der Waals surface area (Å²) in [5.74, 6) is 0.587. The Balaban J connectivity index is 1.89. The van der Waals surface area contributed by atoms with Gasteiger partial charge in [-0.3, -0.25) is 5.32 Å². The summed E-state index contributed by atoms with van der Waals surface area (Å²) >= 11 is 2.17. The maximum atomic E-state index is 11.3. The number of rotatable bonds is 2. The van der Waals surface area contributed by atoms with Crippen molar-refractivity contribution in [1.82, 2.24) is 10.3 Å². The van der Waals surface area contributed by atoms with Crippen molar-refractivity contribution < 1.29 is 4.79 Å². The summed E-state index contributed by atoms with van der Waals surface area (Å²) in [6.07, 6.45) is 3.90. The van der Waals surface area contributed by atoms with Crippen LogP contribution in [0.2, 0.25) is 0 Å². The van der Waals surface area contributed by atoms with Crippen LogP contribution in [0.25, 0.3) is 0 Å². The zero-order chi connectivity index (χ0) is 9.97. The third-order valence-corrected chi connectivity index (χ3v) is 2.52. The van der Waals surface area contributed by atoms with Crippen LogP contribution in [-0.2, 0) is 0 Å². The normalized spacial score (nSPS) is 14.9. The van der Waals surface area contributed by atoms with Gasteiger partial charge in [0.15, 0.2) is 0 Å². The molecule has 5 heteroatoms. The minimum Gasteiger partial charge on any atom is -0.335 e. The molecule has 2 rings (SSSR count). The molecule has 1 saturated carbocycles. The molecule has 0 spiro atoms. The van der Waals surface area contributed by atoms with Crippen LogP contribution in [0.5, 0.6) is 0 Å². The molecule has 0 saturated heterocycles. The number of pyridine rings is 1. The number of carbonyl (C=O) groups is 1. The molecule has 1 aliphatic carbocycles. The minimum atomic E-state index is -0.166. The van der Waals surface area contributed by atoms with Gasteiger partial charge in [0, 0.05) is 15.8 Å². The number of aromatic nitrogens is 1. The Morgan fingerprint density at radius 3 is 2.86 bits per heavy atom. The predicted molar refractivity (Wildman–Crippen MR) is 62.1 cm³/mol. The molecule has 4 nitrogen and oxygen atoms in total. The van der Waals surface area contributed by atoms with Crippen molar-refractivity contribution in [2.45, 2.75) is 18.9 Å². The van der Waals surface area contributed by atoms with Crippen molar-refractivity contribution in [2.75, 3.05) is 5.32 Å². The fourth-order valence-electron chi connectivity index (χ4n) is 1.02. The first-order valence-corrected chi connectivity index (χ1v) is 5.51. The van der Waals surface area contributed by atoms with Crippen LogP contribution in [0.4, 0.5) is 10.6 Å². The number of nitrogens with zero attached hydrogens (tertiary/aromatic N) is 1. The van der Waals surface area contributed by atoms with E-state index in [-0.39, 0.29) is 6.03 Å². The van der Waals surface area contributed by atoms with E-state index in [9.17, 15) is 4.79 Å². The molecule has 1 aliphatic rings. The summed E-state index contributed by atoms with van der Waals surface area (Å²) < 4.78 is 1.05. The first-order chi connectivity index (χ1) is 6.74. The Kier molecular flexibility index (Phi) is 2.85. The summed E-state index contributed by atoms with van der Waals surface area (Å²) in [6.45, 7) is 0. The highest BCUT2D eigenvalue weighted by Gasteiger charge is 2.23. The second kappa shape index (κ2) is 4.12. The first-order valence-electron chi connectivity index (χ1n) is 4.43. The monoisotopic (exact) mass is 303 g/mol. The quantitative estimate of drug-likeness (QED) is 0.821. The molecule has 1 aromatic rings. The van der Waals surface area contributed by atoms with Gasteiger partial charge in [-0.2, -0.15) is 0 Å². The van der Waals surface area contributed by atoms with Crippen molar-refractivity contribution in [2.24, 2.45) is 0 Å². The first kappa shape index (κ1) is 9.70. The lowest BCUT2D eigenvalue weighted by molar-refractivity contribution is 0.251. The van der Waals surface area contributed by atoms with Crippen molar-refractivity contribution in [3.05, 3.63) is 21.9 Å². The van der Waals surface area contributed by atoms with Gasteiger partial charge < -0.3 is 5.32 Å². The minimum absolute atomic E-state index is 0.166. The topological polar surface area (TPSA) is 54.0 Å². The van der Waals surface area contributed by atoms with Crippen molar-refractivity contribution in [1.29, 1.82) is 0 Å². The number of carbonyl (C=O) groups excluding carboxylic acids is 1. The van der Waals surface area contributed by atoms with E-state index < -0.39 is 0 Å². The van der Waals surface area contributed by atoms with Crippen LogP contribution in [0.3, 0.4) is 0 Å². The van der Waals surface area contributed by atoms with Gasteiger partial charge in [-0.25, -0.2) is 9.78 Å². The molecule has 2 amide bonds. The standard InChI is InChI=1S/C9H10IN3O/c10-6-1-4-8(11-5-6)13-9(14)12-7-2-3-7/h1,4-5,7H,2-3H2,(H2,11,12,13,14). The SMILES string of the molecule is O=C(Nc1ccc(I)cn1)NC1CC1. The number of anilines is 1. The fourth-order valence-corrected chi connectivity index (χ4v) is 1.33. The second-order valence-corrected chi connectivity index (χ2v) is 4.48. The third-order valence-electron chi connectivity index (χ3n) is 1.88. The van der Waals surface area contributed by atoms with Gasteiger partial charge in [0.25, 0.3) is 0 Å². The summed E-state index contributed by atoms with van der Waals surface area (Å²) in [7, 11) is 0. The lowest BCUT2D eigenvalue weighted by Crippen LogP contribution is -2.30. The molecule has 74 valence electrons. The van der Waals surface area contributed by atoms with E-state index in [2.05, 4.69) is 38.2 Å². The lowest BCUT2D eigenvalue weighted by Gasteiger charge is -2.04. The molecule has 0 aliphatic heterocycles. The zero-order valence-electron chi connectivity index (χ0n) is 7.46. The van der Waals surface area contributed by atoms with Crippen LogP contribution in [0.1, 0.15) is 12.8 Å². The molecule has 14 heavy (non-hydrogen) atoms. The molecule has 0 atom stereocenters. The number of hydrogen-bond acceptors (Lipinski definition) is 2. The van der Waals surface area contributed by atoms with Crippen LogP contribution in [0.15, 0.2) is 18.3 Å². The number of halogens is 1. The molecule has 0 unspecified atom stereocenters. The zero-order valence-corrected chi connectivity index (χ0v) is 9.61. The second-order valence-electron chi connectivity index (χ2n) is 3.23. The highest BCUT2D eigenvalue weighted by atomic mass is 127. The van der Waals surface area contributed by atoms with Gasteiger partial charge >= 0.3 is 6.03 Å². The highest BCUT2D eigenvalue weighted by molar-refractivity contribution is 14.1. The van der Waals surface area contributed by atoms with E-state index in [1.807, 2.05) is 6.07 Å². The Hall–Kier alpha value is -0.850. The average molecular weight is 303 g/mol. The Morgan fingerprint density at radius 1 is 1.50 bits per heavy atom. The molecule has 2 N–H and O–H groups in total. The molecule has 1 heterocycles. The van der Waals surface area contributed by atoms with E-state index in [0.717, 1.165) is 16.4 Å². The van der Waals surface area contributed by atoms with Crippen LogP contribution < -0.4 is 10.6 Å². The van der Waals surface area contributed by atoms with Crippen molar-refractivity contribution in [3.8, 4) is 0 Å². The smallest absolute Gasteiger partial charge is 0.320 e. The van der Waals surface area contributed by atoms with Crippen LogP contribution in [-0.4, -0.2) is 17.1 Å². The van der Waals surface area contributed by atoms with Gasteiger partial charge in [0.1, 0.15) is 5.82 Å². The van der Waals surface area contributed by atoms with E-state index in [4.69, 9.17) is 0 Å². The Labute approximate surface area is 95.6 Å². The highest BCUT2D eigenvalue weighted by Crippen LogP contribution is 2.18. The van der Waals surface area contributed by atoms with Gasteiger partial charge in [-0.15, -0.1) is 0 Å². The fraction of sp³-hybridized carbons (Fsp3) is 0.333. The molecular weight excluding hydrogens is 293 g/mol. The largest absolute Gasteiger partial charge is 0.335 e. The number of hydrogen-bond donors (Lipinski definition) is 2. The van der Waals surface area contributed by atoms with Gasteiger partial charge in [-0.05, 0) is 47.6 Å². The summed E-state index contributed by atoms with van der Waals surface area (Å²) in [5.41, 5.74) is 0. The average Bonchev–Trinajstić information content (AvgIpc) is 2.93. The Morgan fingerprint density at radius 2 is 2.29 bits per heavy atom. The molecule has 1 fully saturated rings. The number of amides is 2. The van der Waals surface area contributed by atoms with Crippen LogP contribution in [0, 0.1) is 3.57 Å². The van der Waals surface area contributed by atoms with E-state index in [1.54, 1.807) is 12.3 Å². The maximum Gasteiger partial charge on any atom is 0.320 e. The number of nitrogens with one attached hydrogen (secondary N) is 2.